The second-order valence-corrected chi connectivity index (χ2v) is 6.26. The number of rotatable bonds is 5. The van der Waals surface area contributed by atoms with Crippen LogP contribution in [0.3, 0.4) is 0 Å². The largest absolute Gasteiger partial charge is 0.485 e. The number of benzene rings is 1. The third kappa shape index (κ3) is 3.86. The van der Waals surface area contributed by atoms with E-state index in [1.807, 2.05) is 31.2 Å². The van der Waals surface area contributed by atoms with E-state index in [0.29, 0.717) is 29.6 Å². The zero-order valence-electron chi connectivity index (χ0n) is 13.3. The monoisotopic (exact) mass is 346 g/mol. The van der Waals surface area contributed by atoms with Gasteiger partial charge in [0.05, 0.1) is 0 Å². The summed E-state index contributed by atoms with van der Waals surface area (Å²) in [4.78, 5) is 24.6. The van der Waals surface area contributed by atoms with Gasteiger partial charge in [0.25, 0.3) is 5.91 Å². The number of hydrogen-bond donors (Lipinski definition) is 2. The summed E-state index contributed by atoms with van der Waals surface area (Å²) in [6, 6.07) is 7.57. The highest BCUT2D eigenvalue weighted by Crippen LogP contribution is 2.39. The van der Waals surface area contributed by atoms with Gasteiger partial charge in [-0.15, -0.1) is 11.3 Å². The first-order chi connectivity index (χ1) is 11.6. The Hall–Kier alpha value is -2.54. The standard InChI is InChI=1S/C17H18N2O4S/c1-11-3-2-4-12(9-11)19-14(20)5-6-18-17(21)16-15-13(10-24-16)22-7-8-23-15/h2-4,9-10H,5-8H2,1H3,(H,18,21)(H,19,20). The maximum absolute atomic E-state index is 12.2. The van der Waals surface area contributed by atoms with E-state index in [2.05, 4.69) is 10.6 Å². The van der Waals surface area contributed by atoms with Crippen LogP contribution in [0.5, 0.6) is 11.5 Å². The molecule has 126 valence electrons. The molecule has 0 aliphatic carbocycles. The average molecular weight is 346 g/mol. The molecule has 3 rings (SSSR count). The number of carbonyl (C=O) groups excluding carboxylic acids is 2. The molecule has 1 aliphatic heterocycles. The van der Waals surface area contributed by atoms with Gasteiger partial charge in [-0.25, -0.2) is 0 Å². The summed E-state index contributed by atoms with van der Waals surface area (Å²) >= 11 is 1.27. The van der Waals surface area contributed by atoms with Crippen molar-refractivity contribution in [1.82, 2.24) is 5.32 Å². The van der Waals surface area contributed by atoms with Gasteiger partial charge in [0.2, 0.25) is 5.91 Å². The molecule has 2 aromatic rings. The summed E-state index contributed by atoms with van der Waals surface area (Å²) in [5, 5.41) is 7.30. The van der Waals surface area contributed by atoms with Gasteiger partial charge < -0.3 is 20.1 Å². The van der Waals surface area contributed by atoms with Crippen LogP contribution in [0, 0.1) is 6.92 Å². The lowest BCUT2D eigenvalue weighted by Crippen LogP contribution is -2.28. The molecule has 0 saturated carbocycles. The molecule has 2 amide bonds. The highest BCUT2D eigenvalue weighted by Gasteiger charge is 2.23. The van der Waals surface area contributed by atoms with Crippen LogP contribution in [-0.4, -0.2) is 31.6 Å². The number of thiophene rings is 1. The molecule has 0 atom stereocenters. The number of ether oxygens (including phenoxy) is 2. The van der Waals surface area contributed by atoms with E-state index in [0.717, 1.165) is 11.3 Å². The summed E-state index contributed by atoms with van der Waals surface area (Å²) in [6.45, 7) is 3.14. The van der Waals surface area contributed by atoms with Gasteiger partial charge in [-0.2, -0.15) is 0 Å². The van der Waals surface area contributed by atoms with Crippen LogP contribution in [0.15, 0.2) is 29.6 Å². The Morgan fingerprint density at radius 1 is 1.25 bits per heavy atom. The average Bonchev–Trinajstić information content (AvgIpc) is 2.99. The highest BCUT2D eigenvalue weighted by atomic mass is 32.1. The molecule has 24 heavy (non-hydrogen) atoms. The highest BCUT2D eigenvalue weighted by molar-refractivity contribution is 7.12. The second kappa shape index (κ2) is 7.35. The summed E-state index contributed by atoms with van der Waals surface area (Å²) in [5.41, 5.74) is 1.83. The molecule has 0 fully saturated rings. The molecule has 1 aromatic heterocycles. The SMILES string of the molecule is Cc1cccc(NC(=O)CCNC(=O)c2scc3c2OCCO3)c1. The van der Waals surface area contributed by atoms with E-state index in [-0.39, 0.29) is 24.8 Å². The Labute approximate surface area is 143 Å². The minimum absolute atomic E-state index is 0.145. The lowest BCUT2D eigenvalue weighted by atomic mass is 10.2. The van der Waals surface area contributed by atoms with Crippen molar-refractivity contribution in [2.24, 2.45) is 0 Å². The third-order valence-corrected chi connectivity index (χ3v) is 4.39. The quantitative estimate of drug-likeness (QED) is 0.872. The molecule has 2 heterocycles. The number of aryl methyl sites for hydroxylation is 1. The normalized spacial score (nSPS) is 12.5. The Morgan fingerprint density at radius 2 is 2.08 bits per heavy atom. The first-order valence-electron chi connectivity index (χ1n) is 7.65. The lowest BCUT2D eigenvalue weighted by Gasteiger charge is -2.15. The topological polar surface area (TPSA) is 76.7 Å². The molecule has 1 aromatic carbocycles. The fourth-order valence-corrected chi connectivity index (χ4v) is 3.18. The van der Waals surface area contributed by atoms with Gasteiger partial charge in [-0.3, -0.25) is 9.59 Å². The number of carbonyl (C=O) groups is 2. The second-order valence-electron chi connectivity index (χ2n) is 5.38. The van der Waals surface area contributed by atoms with Crippen LogP contribution >= 0.6 is 11.3 Å². The van der Waals surface area contributed by atoms with Crippen LogP contribution in [-0.2, 0) is 4.79 Å². The Bertz CT molecular complexity index is 757. The van der Waals surface area contributed by atoms with Crippen molar-refractivity contribution in [3.63, 3.8) is 0 Å². The van der Waals surface area contributed by atoms with E-state index in [1.54, 1.807) is 5.38 Å². The first-order valence-corrected chi connectivity index (χ1v) is 8.53. The predicted octanol–water partition coefficient (Wildman–Crippen LogP) is 2.59. The predicted molar refractivity (Wildman–Crippen MR) is 92.1 cm³/mol. The Balaban J connectivity index is 1.48. The van der Waals surface area contributed by atoms with Crippen LogP contribution in [0.25, 0.3) is 0 Å². The van der Waals surface area contributed by atoms with E-state index in [1.165, 1.54) is 11.3 Å². The zero-order valence-corrected chi connectivity index (χ0v) is 14.1. The molecule has 0 radical (unpaired) electrons. The van der Waals surface area contributed by atoms with E-state index in [9.17, 15) is 9.59 Å². The molecule has 0 saturated heterocycles. The van der Waals surface area contributed by atoms with Crippen molar-refractivity contribution in [2.75, 3.05) is 25.1 Å². The van der Waals surface area contributed by atoms with Crippen molar-refractivity contribution >= 4 is 28.8 Å². The van der Waals surface area contributed by atoms with Gasteiger partial charge in [0.15, 0.2) is 11.5 Å². The molecule has 2 N–H and O–H groups in total. The van der Waals surface area contributed by atoms with Gasteiger partial charge in [-0.1, -0.05) is 12.1 Å². The number of hydrogen-bond acceptors (Lipinski definition) is 5. The van der Waals surface area contributed by atoms with Gasteiger partial charge in [-0.05, 0) is 24.6 Å². The van der Waals surface area contributed by atoms with Gasteiger partial charge >= 0.3 is 0 Å². The third-order valence-electron chi connectivity index (χ3n) is 3.45. The number of amides is 2. The maximum atomic E-state index is 12.2. The van der Waals surface area contributed by atoms with Crippen LogP contribution in [0.1, 0.15) is 21.7 Å². The number of nitrogens with one attached hydrogen (secondary N) is 2. The summed E-state index contributed by atoms with van der Waals surface area (Å²) in [7, 11) is 0. The van der Waals surface area contributed by atoms with Crippen LogP contribution < -0.4 is 20.1 Å². The molecule has 7 heteroatoms. The minimum Gasteiger partial charge on any atom is -0.485 e. The summed E-state index contributed by atoms with van der Waals surface area (Å²) in [6.07, 6.45) is 0.199. The summed E-state index contributed by atoms with van der Waals surface area (Å²) in [5.74, 6) is 0.699. The Kier molecular flexibility index (Phi) is 5.00. The first kappa shape index (κ1) is 16.3. The lowest BCUT2D eigenvalue weighted by molar-refractivity contribution is -0.116. The van der Waals surface area contributed by atoms with Gasteiger partial charge in [0.1, 0.15) is 18.1 Å². The number of fused-ring (bicyclic) bond motifs is 1. The van der Waals surface area contributed by atoms with Crippen molar-refractivity contribution in [3.8, 4) is 11.5 Å². The molecule has 1 aliphatic rings. The molecule has 0 spiro atoms. The van der Waals surface area contributed by atoms with E-state index < -0.39 is 0 Å². The summed E-state index contributed by atoms with van der Waals surface area (Å²) < 4.78 is 10.9. The van der Waals surface area contributed by atoms with Crippen molar-refractivity contribution < 1.29 is 19.1 Å². The van der Waals surface area contributed by atoms with E-state index >= 15 is 0 Å². The number of anilines is 1. The molecular formula is C17H18N2O4S. The fourth-order valence-electron chi connectivity index (χ4n) is 2.34. The molecular weight excluding hydrogens is 328 g/mol. The smallest absolute Gasteiger partial charge is 0.265 e. The van der Waals surface area contributed by atoms with Gasteiger partial charge in [0, 0.05) is 24.0 Å². The van der Waals surface area contributed by atoms with Crippen LogP contribution in [0.4, 0.5) is 5.69 Å². The maximum Gasteiger partial charge on any atom is 0.265 e. The molecule has 0 unspecified atom stereocenters. The minimum atomic E-state index is -0.255. The zero-order chi connectivity index (χ0) is 16.9. The van der Waals surface area contributed by atoms with Crippen molar-refractivity contribution in [2.45, 2.75) is 13.3 Å². The molecule has 6 nitrogen and oxygen atoms in total. The van der Waals surface area contributed by atoms with E-state index in [4.69, 9.17) is 9.47 Å². The van der Waals surface area contributed by atoms with Crippen LogP contribution in [0.2, 0.25) is 0 Å². The molecule has 0 bridgehead atoms. The van der Waals surface area contributed by atoms with Crippen molar-refractivity contribution in [3.05, 3.63) is 40.1 Å². The fraction of sp³-hybridized carbons (Fsp3) is 0.294. The van der Waals surface area contributed by atoms with Crippen molar-refractivity contribution in [1.29, 1.82) is 0 Å². The Morgan fingerprint density at radius 3 is 2.92 bits per heavy atom.